The van der Waals surface area contributed by atoms with Crippen LogP contribution >= 0.6 is 0 Å². The van der Waals surface area contributed by atoms with Crippen molar-refractivity contribution in [3.05, 3.63) is 45.9 Å². The summed E-state index contributed by atoms with van der Waals surface area (Å²) in [6.45, 7) is 1.50. The number of hydrogen-bond acceptors (Lipinski definition) is 5. The molecule has 2 rings (SSSR count). The molecule has 112 valence electrons. The summed E-state index contributed by atoms with van der Waals surface area (Å²) in [5, 5.41) is 10.2. The third-order valence-electron chi connectivity index (χ3n) is 2.45. The second-order valence-corrected chi connectivity index (χ2v) is 5.63. The lowest BCUT2D eigenvalue weighted by molar-refractivity contribution is -0.387. The molecule has 0 aliphatic carbocycles. The van der Waals surface area contributed by atoms with Crippen LogP contribution in [0.25, 0.3) is 0 Å². The molecule has 2 aromatic rings. The number of nitro benzene ring substituents is 1. The van der Waals surface area contributed by atoms with Crippen LogP contribution in [0.3, 0.4) is 0 Å². The highest BCUT2D eigenvalue weighted by Crippen LogP contribution is 2.26. The molecule has 0 bridgehead atoms. The number of nitrogens with one attached hydrogen (secondary N) is 2. The van der Waals surface area contributed by atoms with Gasteiger partial charge in [0, 0.05) is 12.1 Å². The number of rotatable bonds is 4. The Kier molecular flexibility index (Phi) is 3.60. The van der Waals surface area contributed by atoms with Gasteiger partial charge in [-0.15, -0.1) is 0 Å². The van der Waals surface area contributed by atoms with Crippen molar-refractivity contribution in [3.63, 3.8) is 0 Å². The summed E-state index contributed by atoms with van der Waals surface area (Å²) >= 11 is 0. The van der Waals surface area contributed by atoms with Gasteiger partial charge in [-0.05, 0) is 6.92 Å². The minimum absolute atomic E-state index is 0.230. The van der Waals surface area contributed by atoms with Crippen molar-refractivity contribution >= 4 is 21.4 Å². The van der Waals surface area contributed by atoms with Gasteiger partial charge in [0.1, 0.15) is 5.82 Å². The summed E-state index contributed by atoms with van der Waals surface area (Å²) in [7, 11) is -4.22. The van der Waals surface area contributed by atoms with E-state index in [0.717, 1.165) is 6.20 Å². The van der Waals surface area contributed by atoms with Crippen molar-refractivity contribution in [2.75, 3.05) is 4.72 Å². The van der Waals surface area contributed by atoms with Crippen LogP contribution in [0.5, 0.6) is 0 Å². The van der Waals surface area contributed by atoms with Gasteiger partial charge in [-0.1, -0.05) is 0 Å². The Morgan fingerprint density at radius 3 is 2.52 bits per heavy atom. The number of aromatic nitrogens is 2. The summed E-state index contributed by atoms with van der Waals surface area (Å²) in [5.74, 6) is -2.38. The average Bonchev–Trinajstić information content (AvgIpc) is 2.79. The van der Waals surface area contributed by atoms with Crippen LogP contribution in [0.1, 0.15) is 5.82 Å². The molecule has 0 amide bonds. The highest BCUT2D eigenvalue weighted by atomic mass is 32.2. The molecular formula is C10H8F2N4O4S. The topological polar surface area (TPSA) is 118 Å². The first kappa shape index (κ1) is 14.8. The molecule has 0 unspecified atom stereocenters. The third kappa shape index (κ3) is 2.97. The number of hydrogen-bond donors (Lipinski definition) is 2. The van der Waals surface area contributed by atoms with Gasteiger partial charge in [0.2, 0.25) is 5.82 Å². The molecule has 0 fully saturated rings. The largest absolute Gasteiger partial charge is 0.332 e. The fourth-order valence-electron chi connectivity index (χ4n) is 1.49. The third-order valence-corrected chi connectivity index (χ3v) is 3.72. The SMILES string of the molecule is Cc1ncc(S(=O)(=O)Nc2cc([N+](=O)[O-])c(F)cc2F)[nH]1. The predicted octanol–water partition coefficient (Wildman–Crippen LogP) is 1.71. The summed E-state index contributed by atoms with van der Waals surface area (Å²) in [4.78, 5) is 15.6. The Labute approximate surface area is 117 Å². The number of halogens is 2. The van der Waals surface area contributed by atoms with E-state index in [4.69, 9.17) is 0 Å². The van der Waals surface area contributed by atoms with Crippen LogP contribution in [0, 0.1) is 28.7 Å². The Bertz CT molecular complexity index is 818. The van der Waals surface area contributed by atoms with Crippen LogP contribution in [0.4, 0.5) is 20.2 Å². The molecule has 0 radical (unpaired) electrons. The first-order valence-corrected chi connectivity index (χ1v) is 6.87. The molecule has 0 aliphatic heterocycles. The lowest BCUT2D eigenvalue weighted by Gasteiger charge is -2.07. The van der Waals surface area contributed by atoms with Gasteiger partial charge in [-0.2, -0.15) is 12.8 Å². The van der Waals surface area contributed by atoms with Gasteiger partial charge in [0.05, 0.1) is 16.8 Å². The molecular weight excluding hydrogens is 310 g/mol. The molecule has 0 spiro atoms. The Hall–Kier alpha value is -2.56. The molecule has 1 heterocycles. The number of benzene rings is 1. The summed E-state index contributed by atoms with van der Waals surface area (Å²) in [6, 6.07) is 0.694. The molecule has 0 aliphatic rings. The number of nitrogens with zero attached hydrogens (tertiary/aromatic N) is 2. The summed E-state index contributed by atoms with van der Waals surface area (Å²) in [6.07, 6.45) is 0.994. The zero-order valence-electron chi connectivity index (χ0n) is 10.4. The maximum atomic E-state index is 13.5. The van der Waals surface area contributed by atoms with Gasteiger partial charge in [0.15, 0.2) is 10.8 Å². The van der Waals surface area contributed by atoms with Crippen LogP contribution in [0.2, 0.25) is 0 Å². The number of aryl methyl sites for hydroxylation is 1. The molecule has 0 saturated heterocycles. The van der Waals surface area contributed by atoms with Gasteiger partial charge in [0.25, 0.3) is 10.0 Å². The summed E-state index contributed by atoms with van der Waals surface area (Å²) in [5.41, 5.74) is -1.79. The normalized spacial score (nSPS) is 11.4. The lowest BCUT2D eigenvalue weighted by Crippen LogP contribution is -2.15. The van der Waals surface area contributed by atoms with Crippen LogP contribution in [-0.2, 0) is 10.0 Å². The molecule has 1 aromatic heterocycles. The number of nitro groups is 1. The fourth-order valence-corrected chi connectivity index (χ4v) is 2.52. The maximum Gasteiger partial charge on any atom is 0.307 e. The standard InChI is InChI=1S/C10H8F2N4O4S/c1-5-13-4-10(14-5)21(19,20)15-8-3-9(16(17)18)7(12)2-6(8)11/h2-4,15H,1H3,(H,13,14). The van der Waals surface area contributed by atoms with Crippen molar-refractivity contribution in [3.8, 4) is 0 Å². The lowest BCUT2D eigenvalue weighted by atomic mass is 10.2. The van der Waals surface area contributed by atoms with Crippen LogP contribution < -0.4 is 4.72 Å². The van der Waals surface area contributed by atoms with Crippen molar-refractivity contribution in [1.29, 1.82) is 0 Å². The first-order chi connectivity index (χ1) is 9.70. The average molecular weight is 318 g/mol. The van der Waals surface area contributed by atoms with Crippen molar-refractivity contribution in [2.45, 2.75) is 11.9 Å². The highest BCUT2D eigenvalue weighted by Gasteiger charge is 2.23. The van der Waals surface area contributed by atoms with E-state index in [1.54, 1.807) is 4.72 Å². The number of H-pyrrole nitrogens is 1. The predicted molar refractivity (Wildman–Crippen MR) is 67.1 cm³/mol. The highest BCUT2D eigenvalue weighted by molar-refractivity contribution is 7.92. The zero-order chi connectivity index (χ0) is 15.8. The van der Waals surface area contributed by atoms with Crippen LogP contribution in [0.15, 0.2) is 23.4 Å². The second-order valence-electron chi connectivity index (χ2n) is 3.98. The molecule has 0 atom stereocenters. The van der Waals surface area contributed by atoms with Crippen molar-refractivity contribution in [1.82, 2.24) is 9.97 Å². The number of aromatic amines is 1. The molecule has 0 saturated carbocycles. The molecule has 8 nitrogen and oxygen atoms in total. The first-order valence-electron chi connectivity index (χ1n) is 5.38. The van der Waals surface area contributed by atoms with E-state index in [9.17, 15) is 27.3 Å². The Morgan fingerprint density at radius 1 is 1.33 bits per heavy atom. The summed E-state index contributed by atoms with van der Waals surface area (Å²) < 4.78 is 52.3. The van der Waals surface area contributed by atoms with Gasteiger partial charge in [-0.25, -0.2) is 9.37 Å². The number of anilines is 1. The Balaban J connectivity index is 2.44. The number of sulfonamides is 1. The zero-order valence-corrected chi connectivity index (χ0v) is 11.2. The van der Waals surface area contributed by atoms with Gasteiger partial charge in [-0.3, -0.25) is 14.8 Å². The molecule has 2 N–H and O–H groups in total. The van der Waals surface area contributed by atoms with E-state index in [2.05, 4.69) is 9.97 Å². The van der Waals surface area contributed by atoms with E-state index >= 15 is 0 Å². The smallest absolute Gasteiger partial charge is 0.307 e. The van der Waals surface area contributed by atoms with Crippen LogP contribution in [-0.4, -0.2) is 23.3 Å². The molecule has 1 aromatic carbocycles. The van der Waals surface area contributed by atoms with E-state index < -0.39 is 38.0 Å². The monoisotopic (exact) mass is 318 g/mol. The van der Waals surface area contributed by atoms with Crippen molar-refractivity contribution < 1.29 is 22.1 Å². The van der Waals surface area contributed by atoms with Gasteiger partial charge < -0.3 is 4.98 Å². The maximum absolute atomic E-state index is 13.5. The second kappa shape index (κ2) is 5.09. The molecule has 21 heavy (non-hydrogen) atoms. The van der Waals surface area contributed by atoms with E-state index in [1.165, 1.54) is 6.92 Å². The van der Waals surface area contributed by atoms with E-state index in [0.29, 0.717) is 11.9 Å². The van der Waals surface area contributed by atoms with E-state index in [-0.39, 0.29) is 11.1 Å². The van der Waals surface area contributed by atoms with Crippen molar-refractivity contribution in [2.24, 2.45) is 0 Å². The number of imidazole rings is 1. The van der Waals surface area contributed by atoms with Gasteiger partial charge >= 0.3 is 5.69 Å². The Morgan fingerprint density at radius 2 is 2.00 bits per heavy atom. The minimum Gasteiger partial charge on any atom is -0.332 e. The molecule has 11 heteroatoms. The quantitative estimate of drug-likeness (QED) is 0.657. The minimum atomic E-state index is -4.22. The fraction of sp³-hybridized carbons (Fsp3) is 0.100. The van der Waals surface area contributed by atoms with E-state index in [1.807, 2.05) is 0 Å².